The van der Waals surface area contributed by atoms with Gasteiger partial charge in [-0.1, -0.05) is 6.08 Å². The van der Waals surface area contributed by atoms with E-state index in [1.165, 1.54) is 18.2 Å². The van der Waals surface area contributed by atoms with E-state index >= 15 is 0 Å². The molecule has 0 saturated heterocycles. The molecule has 7 nitrogen and oxygen atoms in total. The maximum absolute atomic E-state index is 12.2. The molecule has 0 aliphatic rings. The number of ether oxygens (including phenoxy) is 3. The van der Waals surface area contributed by atoms with Crippen molar-refractivity contribution in [1.82, 2.24) is 0 Å². The maximum Gasteiger partial charge on any atom is 0.269 e. The number of benzene rings is 2. The largest absolute Gasteiger partial charge is 0.491 e. The molecule has 0 unspecified atom stereocenters. The second kappa shape index (κ2) is 12.4. The van der Waals surface area contributed by atoms with Crippen molar-refractivity contribution in [3.05, 3.63) is 75.8 Å². The molecule has 0 amide bonds. The number of rotatable bonds is 13. The Morgan fingerprint density at radius 2 is 1.55 bits per heavy atom. The van der Waals surface area contributed by atoms with Crippen LogP contribution in [0, 0.1) is 10.1 Å². The first-order valence-electron chi connectivity index (χ1n) is 9.01. The molecule has 2 aromatic carbocycles. The van der Waals surface area contributed by atoms with Gasteiger partial charge in [-0.15, -0.1) is 0 Å². The molecular weight excluding hydrogens is 381 g/mol. The zero-order valence-electron chi connectivity index (χ0n) is 15.8. The van der Waals surface area contributed by atoms with Crippen LogP contribution in [0.5, 0.6) is 5.75 Å². The molecule has 0 spiro atoms. The van der Waals surface area contributed by atoms with Crippen LogP contribution in [0.25, 0.3) is 6.08 Å². The summed E-state index contributed by atoms with van der Waals surface area (Å²) in [6.07, 6.45) is 3.01. The van der Waals surface area contributed by atoms with Gasteiger partial charge in [0.2, 0.25) is 0 Å². The Balaban J connectivity index is 1.74. The molecule has 0 fully saturated rings. The normalized spacial score (nSPS) is 10.9. The van der Waals surface area contributed by atoms with Crippen LogP contribution in [0.2, 0.25) is 0 Å². The molecule has 0 aromatic heterocycles. The Bertz CT molecular complexity index is 805. The summed E-state index contributed by atoms with van der Waals surface area (Å²) >= 11 is 0. The van der Waals surface area contributed by atoms with E-state index in [1.54, 1.807) is 42.5 Å². The lowest BCUT2D eigenvalue weighted by molar-refractivity contribution is -0.384. The highest BCUT2D eigenvalue weighted by atomic mass is 19.1. The van der Waals surface area contributed by atoms with Gasteiger partial charge in [0, 0.05) is 17.7 Å². The predicted molar refractivity (Wildman–Crippen MR) is 106 cm³/mol. The molecule has 0 atom stereocenters. The Morgan fingerprint density at radius 3 is 2.17 bits per heavy atom. The molecule has 29 heavy (non-hydrogen) atoms. The van der Waals surface area contributed by atoms with Crippen molar-refractivity contribution in [1.29, 1.82) is 0 Å². The summed E-state index contributed by atoms with van der Waals surface area (Å²) in [6.45, 7) is 1.00. The molecule has 0 bridgehead atoms. The standard InChI is InChI=1S/C21H22FNO6/c22-11-12-27-13-14-28-15-16-29-20-8-4-18(5-9-20)21(24)10-3-17-1-6-19(7-2-17)23(25)26/h1-10H,11-16H2. The average molecular weight is 403 g/mol. The number of ketones is 1. The number of carbonyl (C=O) groups is 1. The minimum absolute atomic E-state index is 0.000372. The third kappa shape index (κ3) is 8.20. The minimum Gasteiger partial charge on any atom is -0.491 e. The lowest BCUT2D eigenvalue weighted by Crippen LogP contribution is -2.11. The summed E-state index contributed by atoms with van der Waals surface area (Å²) in [4.78, 5) is 22.4. The number of halogens is 1. The summed E-state index contributed by atoms with van der Waals surface area (Å²) in [5.41, 5.74) is 1.19. The number of nitro benzene ring substituents is 1. The molecule has 0 N–H and O–H groups in total. The quantitative estimate of drug-likeness (QED) is 0.166. The number of hydrogen-bond donors (Lipinski definition) is 0. The lowest BCUT2D eigenvalue weighted by atomic mass is 10.1. The SMILES string of the molecule is O=C(C=Cc1ccc([N+](=O)[O-])cc1)c1ccc(OCCOCCOCCF)cc1. The molecule has 8 heteroatoms. The van der Waals surface area contributed by atoms with Crippen LogP contribution in [-0.2, 0) is 9.47 Å². The van der Waals surface area contributed by atoms with Crippen molar-refractivity contribution in [3.8, 4) is 5.75 Å². The van der Waals surface area contributed by atoms with Gasteiger partial charge >= 0.3 is 0 Å². The van der Waals surface area contributed by atoms with E-state index in [0.29, 0.717) is 43.3 Å². The highest BCUT2D eigenvalue weighted by Gasteiger charge is 2.04. The van der Waals surface area contributed by atoms with Gasteiger partial charge in [-0.2, -0.15) is 0 Å². The first-order valence-corrected chi connectivity index (χ1v) is 9.01. The van der Waals surface area contributed by atoms with E-state index in [9.17, 15) is 19.3 Å². The summed E-state index contributed by atoms with van der Waals surface area (Å²) in [7, 11) is 0. The molecule has 0 aliphatic heterocycles. The monoisotopic (exact) mass is 403 g/mol. The smallest absolute Gasteiger partial charge is 0.269 e. The van der Waals surface area contributed by atoms with E-state index in [0.717, 1.165) is 0 Å². The number of nitro groups is 1. The summed E-state index contributed by atoms with van der Waals surface area (Å²) in [5.74, 6) is 0.421. The molecule has 0 saturated carbocycles. The number of alkyl halides is 1. The third-order valence-electron chi connectivity index (χ3n) is 3.76. The van der Waals surface area contributed by atoms with Crippen LogP contribution in [0.3, 0.4) is 0 Å². The van der Waals surface area contributed by atoms with Crippen molar-refractivity contribution < 1.29 is 28.3 Å². The number of allylic oxidation sites excluding steroid dienone is 1. The van der Waals surface area contributed by atoms with Gasteiger partial charge in [0.05, 0.1) is 31.4 Å². The van der Waals surface area contributed by atoms with Crippen molar-refractivity contribution >= 4 is 17.5 Å². The van der Waals surface area contributed by atoms with Crippen molar-refractivity contribution in [3.63, 3.8) is 0 Å². The van der Waals surface area contributed by atoms with Gasteiger partial charge in [-0.05, 0) is 48.0 Å². The molecule has 154 valence electrons. The lowest BCUT2D eigenvalue weighted by Gasteiger charge is -2.07. The number of carbonyl (C=O) groups excluding carboxylic acids is 1. The van der Waals surface area contributed by atoms with Gasteiger partial charge < -0.3 is 14.2 Å². The molecular formula is C21H22FNO6. The van der Waals surface area contributed by atoms with E-state index in [-0.39, 0.29) is 18.1 Å². The average Bonchev–Trinajstić information content (AvgIpc) is 2.74. The van der Waals surface area contributed by atoms with Crippen LogP contribution in [0.1, 0.15) is 15.9 Å². The fourth-order valence-electron chi connectivity index (χ4n) is 2.29. The van der Waals surface area contributed by atoms with Crippen LogP contribution in [0.4, 0.5) is 10.1 Å². The van der Waals surface area contributed by atoms with Crippen LogP contribution in [-0.4, -0.2) is 50.4 Å². The predicted octanol–water partition coefficient (Wildman–Crippen LogP) is 3.87. The molecule has 2 rings (SSSR count). The fourth-order valence-corrected chi connectivity index (χ4v) is 2.29. The summed E-state index contributed by atoms with van der Waals surface area (Å²) < 4.78 is 27.6. The van der Waals surface area contributed by atoms with E-state index in [4.69, 9.17) is 14.2 Å². The van der Waals surface area contributed by atoms with Crippen molar-refractivity contribution in [2.45, 2.75) is 0 Å². The summed E-state index contributed by atoms with van der Waals surface area (Å²) in [6, 6.07) is 12.6. The number of hydrogen-bond acceptors (Lipinski definition) is 6. The Hall–Kier alpha value is -3.10. The van der Waals surface area contributed by atoms with E-state index < -0.39 is 11.6 Å². The Kier molecular flexibility index (Phi) is 9.47. The fraction of sp³-hybridized carbons (Fsp3) is 0.286. The van der Waals surface area contributed by atoms with Crippen molar-refractivity contribution in [2.24, 2.45) is 0 Å². The van der Waals surface area contributed by atoms with Gasteiger partial charge in [0.1, 0.15) is 19.0 Å². The highest BCUT2D eigenvalue weighted by Crippen LogP contribution is 2.15. The topological polar surface area (TPSA) is 87.9 Å². The van der Waals surface area contributed by atoms with E-state index in [2.05, 4.69) is 0 Å². The molecule has 0 radical (unpaired) electrons. The van der Waals surface area contributed by atoms with E-state index in [1.807, 2.05) is 0 Å². The highest BCUT2D eigenvalue weighted by molar-refractivity contribution is 6.06. The molecule has 0 heterocycles. The van der Waals surface area contributed by atoms with Crippen LogP contribution < -0.4 is 4.74 Å². The zero-order chi connectivity index (χ0) is 20.9. The summed E-state index contributed by atoms with van der Waals surface area (Å²) in [5, 5.41) is 10.6. The zero-order valence-corrected chi connectivity index (χ0v) is 15.8. The third-order valence-corrected chi connectivity index (χ3v) is 3.76. The van der Waals surface area contributed by atoms with Gasteiger partial charge in [0.25, 0.3) is 5.69 Å². The second-order valence-corrected chi connectivity index (χ2v) is 5.83. The van der Waals surface area contributed by atoms with Crippen LogP contribution in [0.15, 0.2) is 54.6 Å². The molecule has 0 aliphatic carbocycles. The first-order chi connectivity index (χ1) is 14.1. The second-order valence-electron chi connectivity index (χ2n) is 5.83. The van der Waals surface area contributed by atoms with Gasteiger partial charge in [-0.3, -0.25) is 14.9 Å². The minimum atomic E-state index is -0.506. The number of non-ortho nitro benzene ring substituents is 1. The van der Waals surface area contributed by atoms with Crippen LogP contribution >= 0.6 is 0 Å². The Morgan fingerprint density at radius 1 is 0.931 bits per heavy atom. The van der Waals surface area contributed by atoms with Gasteiger partial charge in [0.15, 0.2) is 5.78 Å². The van der Waals surface area contributed by atoms with Gasteiger partial charge in [-0.25, -0.2) is 4.39 Å². The Labute approximate surface area is 167 Å². The maximum atomic E-state index is 12.2. The molecule has 2 aromatic rings. The first kappa shape index (κ1) is 22.2. The van der Waals surface area contributed by atoms with Crippen molar-refractivity contribution in [2.75, 3.05) is 39.7 Å². The number of nitrogens with zero attached hydrogens (tertiary/aromatic N) is 1.